The normalized spacial score (nSPS) is 22.2. The molecule has 56 heavy (non-hydrogen) atoms. The lowest BCUT2D eigenvalue weighted by Crippen LogP contribution is -2.49. The van der Waals surface area contributed by atoms with Crippen molar-refractivity contribution in [2.24, 2.45) is 23.7 Å². The minimum atomic E-state index is -1.09. The van der Waals surface area contributed by atoms with Crippen LogP contribution >= 0.6 is 11.6 Å². The van der Waals surface area contributed by atoms with E-state index in [-0.39, 0.29) is 17.1 Å². The molecular weight excluding hydrogens is 744 g/mol. The summed E-state index contributed by atoms with van der Waals surface area (Å²) in [4.78, 5) is 19.5. The fourth-order valence-corrected chi connectivity index (χ4v) is 9.69. The molecule has 0 spiro atoms. The van der Waals surface area contributed by atoms with Crippen LogP contribution in [-0.4, -0.2) is 120 Å². The number of hydrogen-bond donors (Lipinski definition) is 1. The van der Waals surface area contributed by atoms with E-state index in [0.717, 1.165) is 94.2 Å². The van der Waals surface area contributed by atoms with E-state index >= 15 is 0 Å². The fourth-order valence-electron chi connectivity index (χ4n) is 8.35. The number of allylic oxidation sites excluding steroid dienone is 1. The van der Waals surface area contributed by atoms with Crippen LogP contribution in [0, 0.1) is 23.7 Å². The second kappa shape index (κ2) is 25.9. The van der Waals surface area contributed by atoms with Crippen LogP contribution in [0.2, 0.25) is 5.02 Å². The van der Waals surface area contributed by atoms with E-state index in [2.05, 4.69) is 69.3 Å². The van der Waals surface area contributed by atoms with Gasteiger partial charge >= 0.3 is 0 Å². The Morgan fingerprint density at radius 1 is 1.07 bits per heavy atom. The lowest BCUT2D eigenvalue weighted by Gasteiger charge is -2.46. The predicted molar refractivity (Wildman–Crippen MR) is 236 cm³/mol. The molecule has 7 unspecified atom stereocenters. The fraction of sp³-hybridized carbons (Fsp3) is 0.667. The molecular formula is C45H73ClN4O5S. The summed E-state index contributed by atoms with van der Waals surface area (Å²) in [6, 6.07) is 12.2. The maximum absolute atomic E-state index is 12.8. The molecule has 1 N–H and O–H groups in total. The van der Waals surface area contributed by atoms with Gasteiger partial charge in [0.25, 0.3) is 0 Å². The van der Waals surface area contributed by atoms with Crippen molar-refractivity contribution in [1.82, 2.24) is 14.5 Å². The number of methoxy groups -OCH3 is 2. The monoisotopic (exact) mass is 816 g/mol. The zero-order chi connectivity index (χ0) is 41.0. The van der Waals surface area contributed by atoms with Gasteiger partial charge in [0.05, 0.1) is 28.5 Å². The lowest BCUT2D eigenvalue weighted by atomic mass is 9.66. The molecule has 1 aliphatic carbocycles. The quantitative estimate of drug-likeness (QED) is 0.119. The first-order valence-electron chi connectivity index (χ1n) is 21.0. The highest BCUT2D eigenvalue weighted by atomic mass is 35.5. The van der Waals surface area contributed by atoms with Crippen LogP contribution in [0.5, 0.6) is 5.75 Å². The van der Waals surface area contributed by atoms with Gasteiger partial charge in [0.2, 0.25) is 0 Å². The van der Waals surface area contributed by atoms with Crippen molar-refractivity contribution in [2.45, 2.75) is 77.4 Å². The number of aldehydes is 1. The maximum atomic E-state index is 12.8. The summed E-state index contributed by atoms with van der Waals surface area (Å²) >= 11 is 6.48. The first kappa shape index (κ1) is 48.1. The van der Waals surface area contributed by atoms with Gasteiger partial charge in [-0.3, -0.25) is 4.79 Å². The van der Waals surface area contributed by atoms with Crippen LogP contribution < -0.4 is 14.4 Å². The minimum Gasteiger partial charge on any atom is -0.491 e. The molecule has 0 aromatic heterocycles. The Morgan fingerprint density at radius 2 is 1.80 bits per heavy atom. The van der Waals surface area contributed by atoms with Gasteiger partial charge in [-0.25, -0.2) is 8.93 Å². The Bertz CT molecular complexity index is 1490. The number of likely N-dealkylation sites (N-methyl/N-ethyl adjacent to an activating group) is 1. The van der Waals surface area contributed by atoms with Gasteiger partial charge in [-0.1, -0.05) is 63.9 Å². The van der Waals surface area contributed by atoms with Crippen molar-refractivity contribution in [3.05, 3.63) is 70.3 Å². The number of hydrogen-bond acceptors (Lipinski definition) is 8. The number of fused-ring (bicyclic) bond motifs is 1. The van der Waals surface area contributed by atoms with Gasteiger partial charge in [-0.05, 0) is 111 Å². The van der Waals surface area contributed by atoms with Crippen molar-refractivity contribution in [3.8, 4) is 5.75 Å². The average molecular weight is 818 g/mol. The van der Waals surface area contributed by atoms with Crippen LogP contribution in [0.1, 0.15) is 87.2 Å². The molecule has 7 atom stereocenters. The van der Waals surface area contributed by atoms with Crippen molar-refractivity contribution < 1.29 is 23.2 Å². The number of aryl methyl sites for hydroxylation is 1. The summed E-state index contributed by atoms with van der Waals surface area (Å²) in [5.74, 6) is 2.86. The Kier molecular flexibility index (Phi) is 22.3. The number of anilines is 1. The molecule has 2 aromatic carbocycles. The van der Waals surface area contributed by atoms with Crippen molar-refractivity contribution >= 4 is 34.6 Å². The summed E-state index contributed by atoms with van der Waals surface area (Å²) in [6.45, 7) is 16.9. The first-order valence-corrected chi connectivity index (χ1v) is 22.5. The second-order valence-corrected chi connectivity index (χ2v) is 17.5. The Hall–Kier alpha value is -2.31. The standard InChI is InChI=1S/C41H61ClN4O4S.C2H6O.C2H6/c1-6-8-32-24-36(42)13-15-37(32)35-27-46(39-23-31(28-47)11-16-40(39)50-29-35)26-34-12-14-38(34)33(25-45-20-18-44(4)19-21-45)10-7-9-30(2)41(17-22-49-5)51(48)43-3;1-3-2;1-2/h7,10-11,13,15-16,23-24,28,30,33-35,38,41,43H,6,8-9,12,14,17-22,25-27,29H2,1-5H3;1-2H3;1-2H3/b10-7+;;. The number of halogens is 1. The summed E-state index contributed by atoms with van der Waals surface area (Å²) in [6.07, 6.45) is 11.9. The van der Waals surface area contributed by atoms with E-state index in [4.69, 9.17) is 21.1 Å². The molecule has 0 amide bonds. The summed E-state index contributed by atoms with van der Waals surface area (Å²) in [7, 11) is 7.86. The van der Waals surface area contributed by atoms with Crippen LogP contribution in [0.4, 0.5) is 5.69 Å². The summed E-state index contributed by atoms with van der Waals surface area (Å²) < 4.78 is 31.9. The molecule has 5 rings (SSSR count). The van der Waals surface area contributed by atoms with Crippen LogP contribution in [0.3, 0.4) is 0 Å². The van der Waals surface area contributed by atoms with Crippen molar-refractivity contribution in [1.29, 1.82) is 0 Å². The number of carbonyl (C=O) groups excluding carboxylic acids is 1. The van der Waals surface area contributed by atoms with Gasteiger partial charge in [0.1, 0.15) is 12.0 Å². The minimum absolute atomic E-state index is 0.0418. The molecule has 2 aliphatic heterocycles. The number of ether oxygens (including phenoxy) is 3. The summed E-state index contributed by atoms with van der Waals surface area (Å²) in [5.41, 5.74) is 4.32. The van der Waals surface area contributed by atoms with Gasteiger partial charge in [0.15, 0.2) is 0 Å². The number of nitrogens with zero attached hydrogens (tertiary/aromatic N) is 3. The zero-order valence-corrected chi connectivity index (χ0v) is 37.5. The molecule has 2 heterocycles. The molecule has 11 heteroatoms. The van der Waals surface area contributed by atoms with Crippen LogP contribution in [-0.2, 0) is 26.9 Å². The average Bonchev–Trinajstić information content (AvgIpc) is 3.37. The zero-order valence-electron chi connectivity index (χ0n) is 35.9. The van der Waals surface area contributed by atoms with Gasteiger partial charge in [-0.2, -0.15) is 0 Å². The van der Waals surface area contributed by atoms with Gasteiger partial charge < -0.3 is 28.9 Å². The lowest BCUT2D eigenvalue weighted by molar-refractivity contribution is 0.0803. The first-order chi connectivity index (χ1) is 27.1. The molecule has 0 bridgehead atoms. The van der Waals surface area contributed by atoms with E-state index in [1.54, 1.807) is 28.4 Å². The number of carbonyl (C=O) groups is 1. The molecule has 9 nitrogen and oxygen atoms in total. The third-order valence-electron chi connectivity index (χ3n) is 11.6. The molecule has 0 radical (unpaired) electrons. The Morgan fingerprint density at radius 3 is 2.43 bits per heavy atom. The molecule has 3 aliphatic rings. The molecule has 2 aromatic rings. The SMILES string of the molecule is CC.CCCc1cc(Cl)ccc1C1COc2ccc(C=O)cc2N(CC2CCC2C(/C=C/CC(C)C(CCOC)S(=O)NC)CN2CCN(C)CC2)C1.COC. The second-order valence-electron chi connectivity index (χ2n) is 15.5. The van der Waals surface area contributed by atoms with E-state index in [1.165, 1.54) is 24.0 Å². The molecule has 1 saturated carbocycles. The number of benzene rings is 2. The largest absolute Gasteiger partial charge is 0.491 e. The summed E-state index contributed by atoms with van der Waals surface area (Å²) in [5, 5.41) is 0.819. The maximum Gasteiger partial charge on any atom is 0.150 e. The van der Waals surface area contributed by atoms with E-state index in [9.17, 15) is 9.00 Å². The highest BCUT2D eigenvalue weighted by molar-refractivity contribution is 7.83. The molecule has 1 saturated heterocycles. The van der Waals surface area contributed by atoms with Crippen molar-refractivity contribution in [2.75, 3.05) is 99.4 Å². The Labute approximate surface area is 347 Å². The van der Waals surface area contributed by atoms with Crippen LogP contribution in [0.25, 0.3) is 0 Å². The topological polar surface area (TPSA) is 83.6 Å². The van der Waals surface area contributed by atoms with Crippen LogP contribution in [0.15, 0.2) is 48.6 Å². The molecule has 316 valence electrons. The van der Waals surface area contributed by atoms with E-state index in [1.807, 2.05) is 38.1 Å². The molecule has 2 fully saturated rings. The smallest absolute Gasteiger partial charge is 0.150 e. The highest BCUT2D eigenvalue weighted by Crippen LogP contribution is 2.44. The van der Waals surface area contributed by atoms with E-state index in [0.29, 0.717) is 36.5 Å². The third kappa shape index (κ3) is 14.2. The third-order valence-corrected chi connectivity index (χ3v) is 13.4. The number of nitrogens with one attached hydrogen (secondary N) is 1. The highest BCUT2D eigenvalue weighted by Gasteiger charge is 2.39. The van der Waals surface area contributed by atoms with Gasteiger partial charge in [0, 0.05) is 90.3 Å². The predicted octanol–water partition coefficient (Wildman–Crippen LogP) is 8.14. The number of piperazine rings is 1. The van der Waals surface area contributed by atoms with E-state index < -0.39 is 11.0 Å². The number of rotatable bonds is 18. The Balaban J connectivity index is 0.00000160. The van der Waals surface area contributed by atoms with Gasteiger partial charge in [-0.15, -0.1) is 0 Å². The van der Waals surface area contributed by atoms with Crippen molar-refractivity contribution in [3.63, 3.8) is 0 Å².